The van der Waals surface area contributed by atoms with Crippen LogP contribution < -0.4 is 9.64 Å². The Balaban J connectivity index is 1.98. The molecule has 118 valence electrons. The number of imidazole rings is 1. The molecule has 0 saturated heterocycles. The molecule has 0 bridgehead atoms. The van der Waals surface area contributed by atoms with Gasteiger partial charge in [0.15, 0.2) is 11.4 Å². The summed E-state index contributed by atoms with van der Waals surface area (Å²) in [6.07, 6.45) is 7.50. The van der Waals surface area contributed by atoms with Crippen molar-refractivity contribution in [3.05, 3.63) is 24.0 Å². The van der Waals surface area contributed by atoms with Crippen LogP contribution >= 0.6 is 0 Å². The fourth-order valence-corrected chi connectivity index (χ4v) is 3.43. The highest BCUT2D eigenvalue weighted by molar-refractivity contribution is 5.95. The first-order valence-electron chi connectivity index (χ1n) is 7.92. The van der Waals surface area contributed by atoms with Crippen molar-refractivity contribution >= 4 is 17.4 Å². The lowest BCUT2D eigenvalue weighted by molar-refractivity contribution is -0.123. The Hall–Kier alpha value is -2.04. The summed E-state index contributed by atoms with van der Waals surface area (Å²) in [7, 11) is 3.49. The summed E-state index contributed by atoms with van der Waals surface area (Å²) in [6.45, 7) is 1.94. The van der Waals surface area contributed by atoms with Crippen LogP contribution in [0.25, 0.3) is 5.65 Å². The van der Waals surface area contributed by atoms with Crippen molar-refractivity contribution in [2.75, 3.05) is 19.1 Å². The van der Waals surface area contributed by atoms with Crippen molar-refractivity contribution in [2.24, 2.45) is 5.92 Å². The third-order valence-electron chi connectivity index (χ3n) is 4.58. The average Bonchev–Trinajstić information content (AvgIpc) is 2.90. The quantitative estimate of drug-likeness (QED) is 0.874. The molecule has 0 atom stereocenters. The number of aromatic nitrogens is 2. The molecule has 0 spiro atoms. The summed E-state index contributed by atoms with van der Waals surface area (Å²) in [5, 5.41) is 0. The van der Waals surface area contributed by atoms with Gasteiger partial charge in [0.1, 0.15) is 5.82 Å². The fraction of sp³-hybridized carbons (Fsp3) is 0.529. The van der Waals surface area contributed by atoms with Crippen LogP contribution in [-0.2, 0) is 4.79 Å². The van der Waals surface area contributed by atoms with Gasteiger partial charge in [-0.1, -0.05) is 19.3 Å². The van der Waals surface area contributed by atoms with Crippen molar-refractivity contribution in [1.82, 2.24) is 9.38 Å². The number of fused-ring (bicyclic) bond motifs is 1. The molecule has 0 N–H and O–H groups in total. The van der Waals surface area contributed by atoms with Crippen LogP contribution in [0.4, 0.5) is 5.82 Å². The van der Waals surface area contributed by atoms with E-state index >= 15 is 0 Å². The van der Waals surface area contributed by atoms with Crippen LogP contribution in [0, 0.1) is 12.8 Å². The van der Waals surface area contributed by atoms with E-state index in [1.165, 1.54) is 6.42 Å². The molecule has 1 fully saturated rings. The van der Waals surface area contributed by atoms with Crippen LogP contribution in [0.5, 0.6) is 5.75 Å². The summed E-state index contributed by atoms with van der Waals surface area (Å²) < 4.78 is 7.30. The van der Waals surface area contributed by atoms with Gasteiger partial charge in [-0.05, 0) is 31.9 Å². The zero-order valence-corrected chi connectivity index (χ0v) is 13.5. The SMILES string of the molecule is COc1cccn2c(N(C)C(=O)C3CCCCC3)c(C)nc12. The van der Waals surface area contributed by atoms with Crippen LogP contribution in [-0.4, -0.2) is 29.4 Å². The molecule has 2 aromatic heterocycles. The first-order valence-corrected chi connectivity index (χ1v) is 7.92. The highest BCUT2D eigenvalue weighted by Crippen LogP contribution is 2.30. The molecule has 1 saturated carbocycles. The van der Waals surface area contributed by atoms with E-state index in [9.17, 15) is 4.79 Å². The van der Waals surface area contributed by atoms with Gasteiger partial charge in [-0.3, -0.25) is 14.1 Å². The van der Waals surface area contributed by atoms with Gasteiger partial charge < -0.3 is 4.74 Å². The van der Waals surface area contributed by atoms with Crippen LogP contribution in [0.15, 0.2) is 18.3 Å². The normalized spacial score (nSPS) is 16.0. The highest BCUT2D eigenvalue weighted by Gasteiger charge is 2.27. The van der Waals surface area contributed by atoms with Crippen LogP contribution in [0.3, 0.4) is 0 Å². The molecule has 0 unspecified atom stereocenters. The lowest BCUT2D eigenvalue weighted by Gasteiger charge is -2.26. The summed E-state index contributed by atoms with van der Waals surface area (Å²) in [6, 6.07) is 3.80. The Bertz CT molecular complexity index is 687. The van der Waals surface area contributed by atoms with E-state index in [1.807, 2.05) is 36.7 Å². The Morgan fingerprint density at radius 1 is 1.36 bits per heavy atom. The monoisotopic (exact) mass is 301 g/mol. The van der Waals surface area contributed by atoms with Gasteiger partial charge in [0, 0.05) is 19.2 Å². The number of methoxy groups -OCH3 is 1. The summed E-state index contributed by atoms with van der Waals surface area (Å²) in [5.74, 6) is 1.90. The van der Waals surface area contributed by atoms with E-state index < -0.39 is 0 Å². The number of carbonyl (C=O) groups excluding carboxylic acids is 1. The lowest BCUT2D eigenvalue weighted by Crippen LogP contribution is -2.35. The van der Waals surface area contributed by atoms with Crippen LogP contribution in [0.1, 0.15) is 37.8 Å². The van der Waals surface area contributed by atoms with Crippen molar-refractivity contribution < 1.29 is 9.53 Å². The minimum atomic E-state index is 0.148. The minimum absolute atomic E-state index is 0.148. The molecule has 2 aromatic rings. The summed E-state index contributed by atoms with van der Waals surface area (Å²) >= 11 is 0. The van der Waals surface area contributed by atoms with Crippen molar-refractivity contribution in [3.63, 3.8) is 0 Å². The number of ether oxygens (including phenoxy) is 1. The van der Waals surface area contributed by atoms with E-state index in [2.05, 4.69) is 4.98 Å². The molecule has 2 heterocycles. The third-order valence-corrected chi connectivity index (χ3v) is 4.58. The maximum atomic E-state index is 12.8. The molecule has 1 aliphatic carbocycles. The molecular weight excluding hydrogens is 278 g/mol. The van der Waals surface area contributed by atoms with Crippen molar-refractivity contribution in [1.29, 1.82) is 0 Å². The van der Waals surface area contributed by atoms with Crippen molar-refractivity contribution in [2.45, 2.75) is 39.0 Å². The van der Waals surface area contributed by atoms with Gasteiger partial charge >= 0.3 is 0 Å². The standard InChI is InChI=1S/C17H23N3O2/c1-12-16(19(2)17(21)13-8-5-4-6-9-13)20-11-7-10-14(22-3)15(20)18-12/h7,10-11,13H,4-6,8-9H2,1-3H3. The first kappa shape index (κ1) is 14.9. The van der Waals surface area contributed by atoms with Crippen molar-refractivity contribution in [3.8, 4) is 5.75 Å². The van der Waals surface area contributed by atoms with E-state index in [0.717, 1.165) is 48.6 Å². The zero-order chi connectivity index (χ0) is 15.7. The lowest BCUT2D eigenvalue weighted by atomic mass is 9.88. The Morgan fingerprint density at radius 3 is 2.77 bits per heavy atom. The highest BCUT2D eigenvalue weighted by atomic mass is 16.5. The first-order chi connectivity index (χ1) is 10.6. The number of hydrogen-bond donors (Lipinski definition) is 0. The molecule has 22 heavy (non-hydrogen) atoms. The number of carbonyl (C=O) groups is 1. The predicted molar refractivity (Wildman–Crippen MR) is 86.5 cm³/mol. The summed E-state index contributed by atoms with van der Waals surface area (Å²) in [5.41, 5.74) is 1.59. The maximum absolute atomic E-state index is 12.8. The molecule has 5 heteroatoms. The van der Waals surface area contributed by atoms with Gasteiger partial charge in [0.25, 0.3) is 0 Å². The van der Waals surface area contributed by atoms with Gasteiger partial charge in [-0.15, -0.1) is 0 Å². The van der Waals surface area contributed by atoms with E-state index in [1.54, 1.807) is 12.0 Å². The number of anilines is 1. The van der Waals surface area contributed by atoms with E-state index in [0.29, 0.717) is 0 Å². The number of nitrogens with zero attached hydrogens (tertiary/aromatic N) is 3. The Kier molecular flexibility index (Phi) is 4.05. The number of pyridine rings is 1. The molecular formula is C17H23N3O2. The smallest absolute Gasteiger partial charge is 0.231 e. The number of rotatable bonds is 3. The molecule has 5 nitrogen and oxygen atoms in total. The maximum Gasteiger partial charge on any atom is 0.231 e. The molecule has 0 radical (unpaired) electrons. The Morgan fingerprint density at radius 2 is 2.09 bits per heavy atom. The van der Waals surface area contributed by atoms with Gasteiger partial charge in [0.05, 0.1) is 12.8 Å². The number of aryl methyl sites for hydroxylation is 1. The molecule has 1 amide bonds. The zero-order valence-electron chi connectivity index (χ0n) is 13.5. The Labute approximate surface area is 130 Å². The number of amides is 1. The van der Waals surface area contributed by atoms with Gasteiger partial charge in [-0.25, -0.2) is 4.98 Å². The van der Waals surface area contributed by atoms with Gasteiger partial charge in [0.2, 0.25) is 5.91 Å². The second kappa shape index (κ2) is 5.99. The second-order valence-electron chi connectivity index (χ2n) is 6.02. The molecule has 0 aromatic carbocycles. The van der Waals surface area contributed by atoms with E-state index in [-0.39, 0.29) is 11.8 Å². The molecule has 0 aliphatic heterocycles. The van der Waals surface area contributed by atoms with Crippen LogP contribution in [0.2, 0.25) is 0 Å². The van der Waals surface area contributed by atoms with E-state index in [4.69, 9.17) is 4.74 Å². The average molecular weight is 301 g/mol. The predicted octanol–water partition coefficient (Wildman–Crippen LogP) is 3.19. The topological polar surface area (TPSA) is 46.8 Å². The minimum Gasteiger partial charge on any atom is -0.493 e. The molecule has 3 rings (SSSR count). The third kappa shape index (κ3) is 2.45. The second-order valence-corrected chi connectivity index (χ2v) is 6.02. The summed E-state index contributed by atoms with van der Waals surface area (Å²) in [4.78, 5) is 19.1. The van der Waals surface area contributed by atoms with Gasteiger partial charge in [-0.2, -0.15) is 0 Å². The fourth-order valence-electron chi connectivity index (χ4n) is 3.43. The number of hydrogen-bond acceptors (Lipinski definition) is 3. The molecule has 1 aliphatic rings. The largest absolute Gasteiger partial charge is 0.493 e.